The zero-order valence-corrected chi connectivity index (χ0v) is 10.4. The first-order valence-corrected chi connectivity index (χ1v) is 5.67. The molecule has 1 heterocycles. The first-order chi connectivity index (χ1) is 8.61. The van der Waals surface area contributed by atoms with Gasteiger partial charge in [0.05, 0.1) is 6.61 Å². The topological polar surface area (TPSA) is 36.4 Å². The normalized spacial score (nSPS) is 10.4. The molecular weight excluding hydrogens is 231 g/mol. The van der Waals surface area contributed by atoms with E-state index in [9.17, 15) is 9.50 Å². The largest absolute Gasteiger partial charge is 0.392 e. The molecule has 18 heavy (non-hydrogen) atoms. The highest BCUT2D eigenvalue weighted by Gasteiger charge is 2.10. The molecule has 0 amide bonds. The van der Waals surface area contributed by atoms with Gasteiger partial charge in [0.1, 0.15) is 5.82 Å². The molecule has 0 aliphatic heterocycles. The van der Waals surface area contributed by atoms with Crippen LogP contribution in [0.2, 0.25) is 0 Å². The van der Waals surface area contributed by atoms with Crippen molar-refractivity contribution in [2.75, 3.05) is 11.9 Å². The van der Waals surface area contributed by atoms with Gasteiger partial charge in [0.15, 0.2) is 0 Å². The highest BCUT2D eigenvalue weighted by atomic mass is 19.1. The highest BCUT2D eigenvalue weighted by Crippen LogP contribution is 2.27. The zero-order chi connectivity index (χ0) is 13.1. The quantitative estimate of drug-likeness (QED) is 0.904. The van der Waals surface area contributed by atoms with Crippen LogP contribution in [-0.4, -0.2) is 17.1 Å². The number of halogens is 1. The number of anilines is 2. The second-order valence-electron chi connectivity index (χ2n) is 4.15. The van der Waals surface area contributed by atoms with E-state index in [1.54, 1.807) is 12.3 Å². The Kier molecular flexibility index (Phi) is 3.58. The molecule has 1 aromatic heterocycles. The first kappa shape index (κ1) is 12.5. The molecule has 94 valence electrons. The van der Waals surface area contributed by atoms with Crippen LogP contribution in [0.4, 0.5) is 15.8 Å². The van der Waals surface area contributed by atoms with Crippen molar-refractivity contribution in [1.29, 1.82) is 0 Å². The Morgan fingerprint density at radius 3 is 2.78 bits per heavy atom. The number of benzene rings is 1. The van der Waals surface area contributed by atoms with Gasteiger partial charge in [-0.05, 0) is 31.2 Å². The fourth-order valence-corrected chi connectivity index (χ4v) is 1.83. The smallest absolute Gasteiger partial charge is 0.125 e. The maximum Gasteiger partial charge on any atom is 0.125 e. The van der Waals surface area contributed by atoms with Crippen LogP contribution in [0.15, 0.2) is 36.5 Å². The van der Waals surface area contributed by atoms with Crippen LogP contribution in [0.3, 0.4) is 0 Å². The van der Waals surface area contributed by atoms with E-state index in [4.69, 9.17) is 0 Å². The van der Waals surface area contributed by atoms with E-state index in [1.165, 1.54) is 12.1 Å². The Bertz CT molecular complexity index is 557. The van der Waals surface area contributed by atoms with Crippen molar-refractivity contribution in [3.05, 3.63) is 53.6 Å². The van der Waals surface area contributed by atoms with Gasteiger partial charge in [-0.15, -0.1) is 0 Å². The van der Waals surface area contributed by atoms with Crippen molar-refractivity contribution in [1.82, 2.24) is 4.98 Å². The monoisotopic (exact) mass is 246 g/mol. The van der Waals surface area contributed by atoms with Gasteiger partial charge < -0.3 is 10.0 Å². The van der Waals surface area contributed by atoms with E-state index in [2.05, 4.69) is 4.98 Å². The summed E-state index contributed by atoms with van der Waals surface area (Å²) in [5.41, 5.74) is 3.13. The van der Waals surface area contributed by atoms with Crippen LogP contribution in [0.5, 0.6) is 0 Å². The summed E-state index contributed by atoms with van der Waals surface area (Å²) in [6.45, 7) is 1.78. The molecule has 0 aliphatic carbocycles. The average molecular weight is 246 g/mol. The van der Waals surface area contributed by atoms with Gasteiger partial charge in [-0.2, -0.15) is 0 Å². The lowest BCUT2D eigenvalue weighted by Gasteiger charge is -2.22. The van der Waals surface area contributed by atoms with Gasteiger partial charge in [-0.3, -0.25) is 4.98 Å². The van der Waals surface area contributed by atoms with Crippen LogP contribution in [-0.2, 0) is 6.61 Å². The van der Waals surface area contributed by atoms with E-state index in [1.807, 2.05) is 31.0 Å². The summed E-state index contributed by atoms with van der Waals surface area (Å²) in [7, 11) is 1.84. The molecule has 0 unspecified atom stereocenters. The molecule has 0 fully saturated rings. The standard InChI is InChI=1S/C14H15FN2O/c1-10-6-14(11(9-18)8-16-10)17(2)13-5-3-4-12(15)7-13/h3-8,18H,9H2,1-2H3. The number of pyridine rings is 1. The Labute approximate surface area is 106 Å². The SMILES string of the molecule is Cc1cc(N(C)c2cccc(F)c2)c(CO)cn1. The molecular formula is C14H15FN2O. The summed E-state index contributed by atoms with van der Waals surface area (Å²) in [6.07, 6.45) is 1.64. The molecule has 0 saturated carbocycles. The van der Waals surface area contributed by atoms with E-state index in [0.29, 0.717) is 5.56 Å². The molecule has 4 heteroatoms. The third-order valence-electron chi connectivity index (χ3n) is 2.83. The Hall–Kier alpha value is -1.94. The number of nitrogens with zero attached hydrogens (tertiary/aromatic N) is 2. The van der Waals surface area contributed by atoms with Gasteiger partial charge in [0, 0.05) is 35.9 Å². The summed E-state index contributed by atoms with van der Waals surface area (Å²) in [4.78, 5) is 5.98. The maximum atomic E-state index is 13.2. The van der Waals surface area contributed by atoms with Gasteiger partial charge in [0.25, 0.3) is 0 Å². The predicted molar refractivity (Wildman–Crippen MR) is 69.4 cm³/mol. The van der Waals surface area contributed by atoms with E-state index < -0.39 is 0 Å². The van der Waals surface area contributed by atoms with Crippen molar-refractivity contribution in [3.8, 4) is 0 Å². The van der Waals surface area contributed by atoms with Gasteiger partial charge in [0.2, 0.25) is 0 Å². The number of hydrogen-bond acceptors (Lipinski definition) is 3. The third-order valence-corrected chi connectivity index (χ3v) is 2.83. The van der Waals surface area contributed by atoms with Crippen LogP contribution >= 0.6 is 0 Å². The lowest BCUT2D eigenvalue weighted by molar-refractivity contribution is 0.282. The molecule has 0 atom stereocenters. The molecule has 2 rings (SSSR count). The van der Waals surface area contributed by atoms with Crippen molar-refractivity contribution < 1.29 is 9.50 Å². The highest BCUT2D eigenvalue weighted by molar-refractivity contribution is 5.65. The molecule has 1 aromatic carbocycles. The zero-order valence-electron chi connectivity index (χ0n) is 10.4. The molecule has 0 spiro atoms. The number of aliphatic hydroxyl groups is 1. The van der Waals surface area contributed by atoms with Crippen molar-refractivity contribution in [3.63, 3.8) is 0 Å². The molecule has 0 aliphatic rings. The summed E-state index contributed by atoms with van der Waals surface area (Å²) in [5.74, 6) is -0.282. The minimum atomic E-state index is -0.282. The third kappa shape index (κ3) is 2.49. The molecule has 2 aromatic rings. The second-order valence-corrected chi connectivity index (χ2v) is 4.15. The molecule has 3 nitrogen and oxygen atoms in total. The van der Waals surface area contributed by atoms with Gasteiger partial charge in [-0.1, -0.05) is 6.07 Å². The minimum absolute atomic E-state index is 0.0950. The molecule has 0 radical (unpaired) electrons. The molecule has 0 bridgehead atoms. The van der Waals surface area contributed by atoms with Crippen molar-refractivity contribution in [2.45, 2.75) is 13.5 Å². The van der Waals surface area contributed by atoms with Crippen molar-refractivity contribution >= 4 is 11.4 Å². The maximum absolute atomic E-state index is 13.2. The summed E-state index contributed by atoms with van der Waals surface area (Å²) in [5, 5.41) is 9.32. The summed E-state index contributed by atoms with van der Waals surface area (Å²) >= 11 is 0. The number of aromatic nitrogens is 1. The molecule has 0 saturated heterocycles. The van der Waals surface area contributed by atoms with Gasteiger partial charge in [-0.25, -0.2) is 4.39 Å². The fraction of sp³-hybridized carbons (Fsp3) is 0.214. The van der Waals surface area contributed by atoms with E-state index in [0.717, 1.165) is 17.1 Å². The number of hydrogen-bond donors (Lipinski definition) is 1. The Balaban J connectivity index is 2.44. The van der Waals surface area contributed by atoms with Gasteiger partial charge >= 0.3 is 0 Å². The van der Waals surface area contributed by atoms with E-state index in [-0.39, 0.29) is 12.4 Å². The Morgan fingerprint density at radius 1 is 1.33 bits per heavy atom. The number of aliphatic hydroxyl groups excluding tert-OH is 1. The summed E-state index contributed by atoms with van der Waals surface area (Å²) < 4.78 is 13.2. The van der Waals surface area contributed by atoms with Crippen LogP contribution in [0, 0.1) is 12.7 Å². The lowest BCUT2D eigenvalue weighted by atomic mass is 10.2. The minimum Gasteiger partial charge on any atom is -0.392 e. The lowest BCUT2D eigenvalue weighted by Crippen LogP contribution is -2.12. The second kappa shape index (κ2) is 5.14. The fourth-order valence-electron chi connectivity index (χ4n) is 1.83. The van der Waals surface area contributed by atoms with Crippen LogP contribution in [0.1, 0.15) is 11.3 Å². The predicted octanol–water partition coefficient (Wildman–Crippen LogP) is 2.79. The average Bonchev–Trinajstić information content (AvgIpc) is 2.38. The molecule has 1 N–H and O–H groups in total. The van der Waals surface area contributed by atoms with Crippen LogP contribution in [0.25, 0.3) is 0 Å². The Morgan fingerprint density at radius 2 is 2.11 bits per heavy atom. The number of aryl methyl sites for hydroxylation is 1. The number of rotatable bonds is 3. The van der Waals surface area contributed by atoms with Crippen molar-refractivity contribution in [2.24, 2.45) is 0 Å². The summed E-state index contributed by atoms with van der Waals surface area (Å²) in [6, 6.07) is 8.21. The first-order valence-electron chi connectivity index (χ1n) is 5.67. The van der Waals surface area contributed by atoms with E-state index >= 15 is 0 Å². The van der Waals surface area contributed by atoms with Crippen LogP contribution < -0.4 is 4.90 Å².